The smallest absolute Gasteiger partial charge is 0.450 e. The summed E-state index contributed by atoms with van der Waals surface area (Å²) in [4.78, 5) is 3.80. The lowest BCUT2D eigenvalue weighted by atomic mass is 10.3. The highest BCUT2D eigenvalue weighted by molar-refractivity contribution is 9.10. The number of hydrogen-bond acceptors (Lipinski definition) is 4. The van der Waals surface area contributed by atoms with Crippen molar-refractivity contribution in [1.82, 2.24) is 4.98 Å². The number of benzene rings is 1. The predicted octanol–water partition coefficient (Wildman–Crippen LogP) is 4.12. The van der Waals surface area contributed by atoms with E-state index in [9.17, 15) is 13.2 Å². The van der Waals surface area contributed by atoms with Gasteiger partial charge in [0.15, 0.2) is 17.2 Å². The van der Waals surface area contributed by atoms with Gasteiger partial charge in [0.1, 0.15) is 0 Å². The lowest BCUT2D eigenvalue weighted by Crippen LogP contribution is -2.17. The first-order valence-electron chi connectivity index (χ1n) is 5.28. The van der Waals surface area contributed by atoms with E-state index >= 15 is 0 Å². The van der Waals surface area contributed by atoms with Crippen LogP contribution < -0.4 is 15.2 Å². The third-order valence-electron chi connectivity index (χ3n) is 2.17. The van der Waals surface area contributed by atoms with Crippen molar-refractivity contribution in [2.75, 3.05) is 5.73 Å². The summed E-state index contributed by atoms with van der Waals surface area (Å²) in [5, 5.41) is 0. The Morgan fingerprint density at radius 2 is 1.75 bits per heavy atom. The molecule has 0 amide bonds. The molecule has 2 aromatic rings. The first-order chi connectivity index (χ1) is 9.37. The van der Waals surface area contributed by atoms with Crippen LogP contribution in [0.15, 0.2) is 41.1 Å². The van der Waals surface area contributed by atoms with Gasteiger partial charge in [-0.2, -0.15) is 0 Å². The molecule has 0 unspecified atom stereocenters. The summed E-state index contributed by atoms with van der Waals surface area (Å²) in [6.45, 7) is 0. The van der Waals surface area contributed by atoms with Gasteiger partial charge in [0.2, 0.25) is 0 Å². The third-order valence-corrected chi connectivity index (χ3v) is 2.73. The lowest BCUT2D eigenvalue weighted by Gasteiger charge is -2.15. The van der Waals surface area contributed by atoms with Gasteiger partial charge >= 0.3 is 6.36 Å². The number of para-hydroxylation sites is 2. The van der Waals surface area contributed by atoms with Crippen LogP contribution in [0.4, 0.5) is 18.9 Å². The minimum Gasteiger partial charge on any atom is -0.450 e. The van der Waals surface area contributed by atoms with E-state index in [-0.39, 0.29) is 17.2 Å². The number of ether oxygens (including phenoxy) is 2. The Balaban J connectivity index is 2.35. The van der Waals surface area contributed by atoms with Crippen LogP contribution in [0.5, 0.6) is 17.2 Å². The number of nitrogens with zero attached hydrogens (tertiary/aromatic N) is 1. The zero-order valence-electron chi connectivity index (χ0n) is 9.82. The van der Waals surface area contributed by atoms with Gasteiger partial charge in [-0.15, -0.1) is 13.2 Å². The molecule has 20 heavy (non-hydrogen) atoms. The summed E-state index contributed by atoms with van der Waals surface area (Å²) in [5.74, 6) is -0.398. The molecule has 1 aromatic carbocycles. The van der Waals surface area contributed by atoms with E-state index in [1.54, 1.807) is 0 Å². The quantitative estimate of drug-likeness (QED) is 0.906. The topological polar surface area (TPSA) is 57.4 Å². The summed E-state index contributed by atoms with van der Waals surface area (Å²) < 4.78 is 46.6. The molecule has 0 fully saturated rings. The van der Waals surface area contributed by atoms with Crippen LogP contribution in [0, 0.1) is 0 Å². The van der Waals surface area contributed by atoms with E-state index in [1.807, 2.05) is 0 Å². The van der Waals surface area contributed by atoms with E-state index in [2.05, 4.69) is 25.7 Å². The molecule has 1 aromatic heterocycles. The molecule has 8 heteroatoms. The lowest BCUT2D eigenvalue weighted by molar-refractivity contribution is -0.275. The molecule has 2 N–H and O–H groups in total. The molecule has 0 aliphatic rings. The van der Waals surface area contributed by atoms with E-state index in [1.165, 1.54) is 30.6 Å². The maximum Gasteiger partial charge on any atom is 0.573 e. The second-order valence-electron chi connectivity index (χ2n) is 3.64. The molecule has 0 aliphatic carbocycles. The molecule has 0 saturated carbocycles. The number of alkyl halides is 3. The van der Waals surface area contributed by atoms with Crippen molar-refractivity contribution in [1.29, 1.82) is 0 Å². The zero-order chi connectivity index (χ0) is 14.8. The highest BCUT2D eigenvalue weighted by Gasteiger charge is 2.32. The van der Waals surface area contributed by atoms with Crippen LogP contribution in [0.3, 0.4) is 0 Å². The number of nitrogen functional groups attached to an aromatic ring is 1. The molecule has 0 atom stereocenters. The van der Waals surface area contributed by atoms with E-state index < -0.39 is 12.1 Å². The van der Waals surface area contributed by atoms with E-state index in [4.69, 9.17) is 10.5 Å². The van der Waals surface area contributed by atoms with Crippen molar-refractivity contribution in [3.8, 4) is 17.2 Å². The summed E-state index contributed by atoms with van der Waals surface area (Å²) in [5.41, 5.74) is 5.85. The second-order valence-corrected chi connectivity index (χ2v) is 4.49. The molecule has 0 saturated heterocycles. The van der Waals surface area contributed by atoms with Crippen LogP contribution in [0.2, 0.25) is 0 Å². The van der Waals surface area contributed by atoms with Gasteiger partial charge < -0.3 is 15.2 Å². The van der Waals surface area contributed by atoms with Crippen molar-refractivity contribution in [2.24, 2.45) is 0 Å². The first kappa shape index (κ1) is 14.4. The predicted molar refractivity (Wildman–Crippen MR) is 69.5 cm³/mol. The SMILES string of the molecule is Nc1cncc(Br)c1Oc1ccccc1OC(F)(F)F. The fourth-order valence-corrected chi connectivity index (χ4v) is 1.83. The average Bonchev–Trinajstić information content (AvgIpc) is 2.34. The van der Waals surface area contributed by atoms with Crippen LogP contribution in [0.25, 0.3) is 0 Å². The minimum absolute atomic E-state index is 0.108. The second kappa shape index (κ2) is 5.58. The van der Waals surface area contributed by atoms with E-state index in [0.717, 1.165) is 6.07 Å². The van der Waals surface area contributed by atoms with Gasteiger partial charge in [-0.1, -0.05) is 12.1 Å². The van der Waals surface area contributed by atoms with Crippen molar-refractivity contribution < 1.29 is 22.6 Å². The maximum absolute atomic E-state index is 12.3. The summed E-state index contributed by atoms with van der Waals surface area (Å²) >= 11 is 3.16. The Morgan fingerprint density at radius 3 is 2.35 bits per heavy atom. The highest BCUT2D eigenvalue weighted by Crippen LogP contribution is 2.39. The largest absolute Gasteiger partial charge is 0.573 e. The van der Waals surface area contributed by atoms with Crippen molar-refractivity contribution in [3.05, 3.63) is 41.1 Å². The van der Waals surface area contributed by atoms with Gasteiger partial charge in [-0.3, -0.25) is 4.98 Å². The number of nitrogens with two attached hydrogens (primary N) is 1. The van der Waals surface area contributed by atoms with E-state index in [0.29, 0.717) is 4.47 Å². The number of rotatable bonds is 3. The number of anilines is 1. The zero-order valence-corrected chi connectivity index (χ0v) is 11.4. The number of aromatic nitrogens is 1. The maximum atomic E-state index is 12.3. The molecule has 106 valence electrons. The number of hydrogen-bond donors (Lipinski definition) is 1. The highest BCUT2D eigenvalue weighted by atomic mass is 79.9. The van der Waals surface area contributed by atoms with Crippen LogP contribution in [-0.2, 0) is 0 Å². The van der Waals surface area contributed by atoms with Crippen molar-refractivity contribution in [2.45, 2.75) is 6.36 Å². The van der Waals surface area contributed by atoms with Gasteiger partial charge in [-0.25, -0.2) is 0 Å². The molecule has 0 aliphatic heterocycles. The molecule has 0 radical (unpaired) electrons. The average molecular weight is 349 g/mol. The molecular weight excluding hydrogens is 341 g/mol. The molecule has 0 spiro atoms. The van der Waals surface area contributed by atoms with Crippen molar-refractivity contribution in [3.63, 3.8) is 0 Å². The number of pyridine rings is 1. The molecule has 1 heterocycles. The third kappa shape index (κ3) is 3.53. The minimum atomic E-state index is -4.81. The summed E-state index contributed by atoms with van der Waals surface area (Å²) in [6.07, 6.45) is -2.06. The molecule has 4 nitrogen and oxygen atoms in total. The van der Waals surface area contributed by atoms with Gasteiger partial charge in [0.25, 0.3) is 0 Å². The van der Waals surface area contributed by atoms with Gasteiger partial charge in [-0.05, 0) is 28.1 Å². The van der Waals surface area contributed by atoms with Gasteiger partial charge in [0, 0.05) is 6.20 Å². The molecule has 2 rings (SSSR count). The van der Waals surface area contributed by atoms with Crippen LogP contribution >= 0.6 is 15.9 Å². The Labute approximate surface area is 120 Å². The Kier molecular flexibility index (Phi) is 4.03. The summed E-state index contributed by atoms with van der Waals surface area (Å²) in [6, 6.07) is 5.41. The normalized spacial score (nSPS) is 11.2. The van der Waals surface area contributed by atoms with Gasteiger partial charge in [0.05, 0.1) is 16.4 Å². The standard InChI is InChI=1S/C12H8BrF3N2O2/c13-7-5-18-6-8(17)11(7)19-9-3-1-2-4-10(9)20-12(14,15)16/h1-6H,17H2. The summed E-state index contributed by atoms with van der Waals surface area (Å²) in [7, 11) is 0. The Hall–Kier alpha value is -1.96. The Morgan fingerprint density at radius 1 is 1.10 bits per heavy atom. The fraction of sp³-hybridized carbons (Fsp3) is 0.0833. The van der Waals surface area contributed by atoms with Crippen LogP contribution in [0.1, 0.15) is 0 Å². The first-order valence-corrected chi connectivity index (χ1v) is 6.08. The van der Waals surface area contributed by atoms with Crippen LogP contribution in [-0.4, -0.2) is 11.3 Å². The monoisotopic (exact) mass is 348 g/mol. The van der Waals surface area contributed by atoms with Crippen molar-refractivity contribution >= 4 is 21.6 Å². The number of halogens is 4. The fourth-order valence-electron chi connectivity index (χ4n) is 1.40. The molecule has 0 bridgehead atoms. The Bertz CT molecular complexity index is 600. The molecular formula is C12H8BrF3N2O2.